The highest BCUT2D eigenvalue weighted by molar-refractivity contribution is 6.05. The van der Waals surface area contributed by atoms with Gasteiger partial charge in [0.2, 0.25) is 0 Å². The SMILES string of the molecule is O=C(Nc1ccccn1)c1ccccc1O[C@]12CCCN(CC1)C2. The Balaban J connectivity index is 1.55. The molecule has 124 valence electrons. The Morgan fingerprint density at radius 1 is 1.12 bits per heavy atom. The van der Waals surface area contributed by atoms with Crippen LogP contribution < -0.4 is 10.1 Å². The van der Waals surface area contributed by atoms with Gasteiger partial charge in [0.05, 0.1) is 5.56 Å². The van der Waals surface area contributed by atoms with Gasteiger partial charge in [-0.3, -0.25) is 9.69 Å². The Morgan fingerprint density at radius 3 is 2.88 bits per heavy atom. The van der Waals surface area contributed by atoms with E-state index in [0.29, 0.717) is 17.1 Å². The number of carbonyl (C=O) groups is 1. The molecule has 2 aliphatic rings. The maximum Gasteiger partial charge on any atom is 0.260 e. The number of piperidine rings is 1. The first kappa shape index (κ1) is 15.1. The van der Waals surface area contributed by atoms with Crippen molar-refractivity contribution in [2.24, 2.45) is 0 Å². The highest BCUT2D eigenvalue weighted by Crippen LogP contribution is 2.36. The van der Waals surface area contributed by atoms with Crippen LogP contribution in [0.1, 0.15) is 29.6 Å². The standard InChI is InChI=1S/C19H21N3O2/c23-18(21-17-8-3-4-11-20-17)15-6-1-2-7-16(15)24-19-9-5-12-22(14-19)13-10-19/h1-4,6-8,11H,5,9-10,12-14H2,(H,20,21,23)/t19-/m1/s1. The fraction of sp³-hybridized carbons (Fsp3) is 0.368. The minimum atomic E-state index is -0.189. The van der Waals surface area contributed by atoms with Crippen molar-refractivity contribution in [1.82, 2.24) is 9.88 Å². The number of pyridine rings is 1. The lowest BCUT2D eigenvalue weighted by Gasteiger charge is -2.35. The summed E-state index contributed by atoms with van der Waals surface area (Å²) < 4.78 is 6.40. The number of hydrogen-bond acceptors (Lipinski definition) is 4. The van der Waals surface area contributed by atoms with Crippen LogP contribution in [0.5, 0.6) is 5.75 Å². The predicted molar refractivity (Wildman–Crippen MR) is 92.3 cm³/mol. The zero-order chi connectivity index (χ0) is 16.4. The summed E-state index contributed by atoms with van der Waals surface area (Å²) >= 11 is 0. The summed E-state index contributed by atoms with van der Waals surface area (Å²) in [4.78, 5) is 19.2. The predicted octanol–water partition coefficient (Wildman–Crippen LogP) is 2.95. The molecule has 1 amide bonds. The van der Waals surface area contributed by atoms with Crippen LogP contribution in [-0.2, 0) is 0 Å². The lowest BCUT2D eigenvalue weighted by Crippen LogP contribution is -2.43. The second kappa shape index (κ2) is 6.24. The van der Waals surface area contributed by atoms with Gasteiger partial charge in [0.1, 0.15) is 17.2 Å². The van der Waals surface area contributed by atoms with Gasteiger partial charge in [0.15, 0.2) is 0 Å². The summed E-state index contributed by atoms with van der Waals surface area (Å²) in [6.07, 6.45) is 4.90. The van der Waals surface area contributed by atoms with E-state index in [2.05, 4.69) is 15.2 Å². The molecule has 0 radical (unpaired) electrons. The van der Waals surface area contributed by atoms with Gasteiger partial charge in [-0.1, -0.05) is 18.2 Å². The third kappa shape index (κ3) is 2.99. The van der Waals surface area contributed by atoms with E-state index in [1.54, 1.807) is 18.3 Å². The van der Waals surface area contributed by atoms with Crippen molar-refractivity contribution >= 4 is 11.7 Å². The van der Waals surface area contributed by atoms with E-state index >= 15 is 0 Å². The first-order valence-electron chi connectivity index (χ1n) is 8.47. The van der Waals surface area contributed by atoms with Crippen LogP contribution in [0.4, 0.5) is 5.82 Å². The van der Waals surface area contributed by atoms with Gasteiger partial charge in [0, 0.05) is 25.7 Å². The summed E-state index contributed by atoms with van der Waals surface area (Å²) in [7, 11) is 0. The molecule has 1 unspecified atom stereocenters. The first-order valence-corrected chi connectivity index (χ1v) is 8.47. The number of amides is 1. The van der Waals surface area contributed by atoms with Crippen molar-refractivity contribution in [3.05, 3.63) is 54.2 Å². The minimum absolute atomic E-state index is 0.139. The second-order valence-corrected chi connectivity index (χ2v) is 6.58. The summed E-state index contributed by atoms with van der Waals surface area (Å²) in [6, 6.07) is 12.9. The van der Waals surface area contributed by atoms with Crippen LogP contribution in [0, 0.1) is 0 Å². The quantitative estimate of drug-likeness (QED) is 0.940. The fourth-order valence-electron chi connectivity index (χ4n) is 3.68. The van der Waals surface area contributed by atoms with E-state index in [0.717, 1.165) is 38.9 Å². The Morgan fingerprint density at radius 2 is 2.00 bits per heavy atom. The zero-order valence-electron chi connectivity index (χ0n) is 13.6. The van der Waals surface area contributed by atoms with Crippen molar-refractivity contribution in [1.29, 1.82) is 0 Å². The molecule has 1 aromatic carbocycles. The van der Waals surface area contributed by atoms with Gasteiger partial charge in [-0.05, 0) is 43.7 Å². The molecule has 1 N–H and O–H groups in total. The van der Waals surface area contributed by atoms with E-state index in [4.69, 9.17) is 4.74 Å². The Kier molecular flexibility index (Phi) is 3.94. The third-order valence-corrected chi connectivity index (χ3v) is 4.87. The zero-order valence-corrected chi connectivity index (χ0v) is 13.6. The molecular formula is C19H21N3O2. The van der Waals surface area contributed by atoms with Crippen molar-refractivity contribution in [3.63, 3.8) is 0 Å². The van der Waals surface area contributed by atoms with Crippen LogP contribution in [0.2, 0.25) is 0 Å². The summed E-state index contributed by atoms with van der Waals surface area (Å²) in [6.45, 7) is 3.21. The maximum atomic E-state index is 12.6. The van der Waals surface area contributed by atoms with E-state index in [-0.39, 0.29) is 11.5 Å². The maximum absolute atomic E-state index is 12.6. The van der Waals surface area contributed by atoms with Crippen LogP contribution in [-0.4, -0.2) is 41.0 Å². The van der Waals surface area contributed by atoms with Crippen molar-refractivity contribution in [2.75, 3.05) is 25.0 Å². The Labute approximate surface area is 141 Å². The summed E-state index contributed by atoms with van der Waals surface area (Å²) in [5.74, 6) is 1.02. The van der Waals surface area contributed by atoms with Gasteiger partial charge in [0.25, 0.3) is 5.91 Å². The summed E-state index contributed by atoms with van der Waals surface area (Å²) in [5.41, 5.74) is 0.418. The molecule has 1 aromatic heterocycles. The lowest BCUT2D eigenvalue weighted by atomic mass is 9.94. The number of hydrogen-bond donors (Lipinski definition) is 1. The number of ether oxygens (including phenoxy) is 1. The van der Waals surface area contributed by atoms with Crippen LogP contribution in [0.25, 0.3) is 0 Å². The number of nitrogens with one attached hydrogen (secondary N) is 1. The average molecular weight is 323 g/mol. The minimum Gasteiger partial charge on any atom is -0.485 e. The highest BCUT2D eigenvalue weighted by atomic mass is 16.5. The number of anilines is 1. The van der Waals surface area contributed by atoms with Gasteiger partial charge in [-0.2, -0.15) is 0 Å². The largest absolute Gasteiger partial charge is 0.485 e. The Bertz CT molecular complexity index is 730. The lowest BCUT2D eigenvalue weighted by molar-refractivity contribution is 0.0443. The molecule has 5 heteroatoms. The topological polar surface area (TPSA) is 54.5 Å². The van der Waals surface area contributed by atoms with Crippen molar-refractivity contribution in [2.45, 2.75) is 24.9 Å². The molecule has 2 fully saturated rings. The molecule has 2 saturated heterocycles. The second-order valence-electron chi connectivity index (χ2n) is 6.58. The number of nitrogens with zero attached hydrogens (tertiary/aromatic N) is 2. The fourth-order valence-corrected chi connectivity index (χ4v) is 3.68. The van der Waals surface area contributed by atoms with Gasteiger partial charge < -0.3 is 10.1 Å². The molecule has 4 rings (SSSR count). The first-order chi connectivity index (χ1) is 11.7. The normalized spacial score (nSPS) is 25.2. The van der Waals surface area contributed by atoms with E-state index in [1.165, 1.54) is 0 Å². The molecule has 0 spiro atoms. The molecule has 5 nitrogen and oxygen atoms in total. The van der Waals surface area contributed by atoms with Crippen molar-refractivity contribution < 1.29 is 9.53 Å². The van der Waals surface area contributed by atoms with Gasteiger partial charge in [-0.25, -0.2) is 4.98 Å². The Hall–Kier alpha value is -2.40. The van der Waals surface area contributed by atoms with E-state index in [9.17, 15) is 4.79 Å². The van der Waals surface area contributed by atoms with Crippen LogP contribution in [0.3, 0.4) is 0 Å². The van der Waals surface area contributed by atoms with E-state index in [1.807, 2.05) is 30.3 Å². The molecule has 2 aliphatic heterocycles. The molecular weight excluding hydrogens is 302 g/mol. The van der Waals surface area contributed by atoms with Gasteiger partial charge in [-0.15, -0.1) is 0 Å². The summed E-state index contributed by atoms with van der Waals surface area (Å²) in [5, 5.41) is 2.84. The number of rotatable bonds is 4. The van der Waals surface area contributed by atoms with E-state index < -0.39 is 0 Å². The monoisotopic (exact) mass is 323 g/mol. The number of fused-ring (bicyclic) bond motifs is 2. The molecule has 0 saturated carbocycles. The highest BCUT2D eigenvalue weighted by Gasteiger charge is 2.43. The number of benzene rings is 1. The number of aromatic nitrogens is 1. The van der Waals surface area contributed by atoms with Crippen molar-refractivity contribution in [3.8, 4) is 5.75 Å². The molecule has 2 aromatic rings. The molecule has 0 aliphatic carbocycles. The molecule has 2 atom stereocenters. The third-order valence-electron chi connectivity index (χ3n) is 4.87. The molecule has 2 bridgehead atoms. The smallest absolute Gasteiger partial charge is 0.260 e. The number of para-hydroxylation sites is 1. The van der Waals surface area contributed by atoms with Crippen LogP contribution >= 0.6 is 0 Å². The van der Waals surface area contributed by atoms with Crippen LogP contribution in [0.15, 0.2) is 48.7 Å². The number of carbonyl (C=O) groups excluding carboxylic acids is 1. The van der Waals surface area contributed by atoms with Gasteiger partial charge >= 0.3 is 0 Å². The average Bonchev–Trinajstić information content (AvgIpc) is 2.90. The molecule has 24 heavy (non-hydrogen) atoms. The molecule has 3 heterocycles.